The molecule has 32 heavy (non-hydrogen) atoms. The van der Waals surface area contributed by atoms with Crippen LogP contribution < -0.4 is 10.2 Å². The number of halogens is 3. The molecule has 1 aliphatic heterocycles. The number of aromatic nitrogens is 3. The number of nitrogens with one attached hydrogen (secondary N) is 1. The summed E-state index contributed by atoms with van der Waals surface area (Å²) in [6, 6.07) is 9.65. The number of amides is 1. The Morgan fingerprint density at radius 2 is 1.72 bits per heavy atom. The smallest absolute Gasteiger partial charge is 0.237 e. The van der Waals surface area contributed by atoms with Crippen LogP contribution in [0.5, 0.6) is 0 Å². The number of carbonyl (C=O) groups is 1. The second-order valence-corrected chi connectivity index (χ2v) is 8.93. The highest BCUT2D eigenvalue weighted by Crippen LogP contribution is 2.31. The van der Waals surface area contributed by atoms with Gasteiger partial charge in [-0.3, -0.25) is 9.36 Å². The molecule has 1 unspecified atom stereocenters. The first-order valence-corrected chi connectivity index (χ1v) is 11.1. The van der Waals surface area contributed by atoms with Gasteiger partial charge in [0.15, 0.2) is 22.6 Å². The summed E-state index contributed by atoms with van der Waals surface area (Å²) in [6.45, 7) is 5.37. The van der Waals surface area contributed by atoms with Gasteiger partial charge in [-0.05, 0) is 51.0 Å². The van der Waals surface area contributed by atoms with Crippen LogP contribution in [0.3, 0.4) is 0 Å². The number of anilines is 2. The quantitative estimate of drug-likeness (QED) is 0.425. The number of hydrogen-bond acceptors (Lipinski definition) is 5. The van der Waals surface area contributed by atoms with Crippen LogP contribution in [0.1, 0.15) is 25.3 Å². The zero-order chi connectivity index (χ0) is 22.8. The Bertz CT molecular complexity index is 1130. The van der Waals surface area contributed by atoms with Gasteiger partial charge in [0.05, 0.1) is 16.6 Å². The van der Waals surface area contributed by atoms with Gasteiger partial charge in [0, 0.05) is 13.1 Å². The van der Waals surface area contributed by atoms with E-state index in [2.05, 4.69) is 20.4 Å². The van der Waals surface area contributed by atoms with E-state index < -0.39 is 34.3 Å². The zero-order valence-corrected chi connectivity index (χ0v) is 18.4. The summed E-state index contributed by atoms with van der Waals surface area (Å²) in [4.78, 5) is 14.8. The number of carbonyl (C=O) groups excluding carboxylic acids is 1. The van der Waals surface area contributed by atoms with Crippen molar-refractivity contribution >= 4 is 29.3 Å². The number of aryl methyl sites for hydroxylation is 1. The average Bonchev–Trinajstić information content (AvgIpc) is 3.45. The molecule has 1 atom stereocenters. The fourth-order valence-corrected chi connectivity index (χ4v) is 4.31. The van der Waals surface area contributed by atoms with Crippen molar-refractivity contribution in [1.82, 2.24) is 14.8 Å². The van der Waals surface area contributed by atoms with Crippen molar-refractivity contribution in [1.29, 1.82) is 0 Å². The highest BCUT2D eigenvalue weighted by atomic mass is 32.2. The van der Waals surface area contributed by atoms with E-state index in [1.165, 1.54) is 0 Å². The molecule has 6 nitrogen and oxygen atoms in total. The minimum atomic E-state index is -1.63. The molecule has 4 rings (SSSR count). The molecule has 1 fully saturated rings. The van der Waals surface area contributed by atoms with Crippen molar-refractivity contribution in [3.63, 3.8) is 0 Å². The van der Waals surface area contributed by atoms with E-state index in [1.54, 1.807) is 6.92 Å². The molecule has 3 aromatic rings. The summed E-state index contributed by atoms with van der Waals surface area (Å²) in [7, 11) is 0. The molecular weight excluding hydrogens is 439 g/mol. The van der Waals surface area contributed by atoms with Crippen LogP contribution in [-0.4, -0.2) is 39.0 Å². The van der Waals surface area contributed by atoms with Gasteiger partial charge in [-0.25, -0.2) is 13.2 Å². The molecule has 1 N–H and O–H groups in total. The fraction of sp³-hybridized carbons (Fsp3) is 0.318. The maximum Gasteiger partial charge on any atom is 0.237 e. The molecule has 1 aliphatic rings. The summed E-state index contributed by atoms with van der Waals surface area (Å²) in [5.41, 5.74) is 1.56. The Labute approximate surface area is 187 Å². The number of rotatable bonds is 6. The molecule has 2 heterocycles. The van der Waals surface area contributed by atoms with Crippen LogP contribution in [-0.2, 0) is 4.79 Å². The molecule has 10 heteroatoms. The van der Waals surface area contributed by atoms with Crippen molar-refractivity contribution < 1.29 is 18.0 Å². The van der Waals surface area contributed by atoms with E-state index >= 15 is 0 Å². The maximum absolute atomic E-state index is 13.9. The van der Waals surface area contributed by atoms with E-state index in [0.717, 1.165) is 61.1 Å². The first-order valence-electron chi connectivity index (χ1n) is 10.2. The predicted octanol–water partition coefficient (Wildman–Crippen LogP) is 4.71. The number of hydrogen-bond donors (Lipinski definition) is 1. The largest absolute Gasteiger partial charge is 0.341 e. The summed E-state index contributed by atoms with van der Waals surface area (Å²) < 4.78 is 42.5. The number of nitrogens with zero attached hydrogens (tertiary/aromatic N) is 4. The molecule has 0 radical (unpaired) electrons. The molecule has 2 aromatic carbocycles. The van der Waals surface area contributed by atoms with E-state index in [0.29, 0.717) is 11.1 Å². The molecule has 0 bridgehead atoms. The topological polar surface area (TPSA) is 63.1 Å². The van der Waals surface area contributed by atoms with Crippen LogP contribution in [0.15, 0.2) is 41.6 Å². The first-order chi connectivity index (χ1) is 15.3. The van der Waals surface area contributed by atoms with Crippen molar-refractivity contribution in [2.75, 3.05) is 23.3 Å². The Morgan fingerprint density at radius 3 is 2.41 bits per heavy atom. The lowest BCUT2D eigenvalue weighted by Gasteiger charge is -2.19. The molecule has 0 aliphatic carbocycles. The maximum atomic E-state index is 13.9. The molecule has 1 saturated heterocycles. The van der Waals surface area contributed by atoms with E-state index in [1.807, 2.05) is 35.8 Å². The molecule has 0 saturated carbocycles. The molecular formula is C22H22F3N5OS. The normalized spacial score (nSPS) is 14.6. The fourth-order valence-electron chi connectivity index (χ4n) is 3.45. The van der Waals surface area contributed by atoms with Crippen LogP contribution in [0, 0.1) is 24.4 Å². The van der Waals surface area contributed by atoms with E-state index in [9.17, 15) is 18.0 Å². The SMILES string of the molecule is Cc1ccc(-n2c(SC(C)C(=O)Nc3ccc(F)c(F)c3F)nnc2N2CCCC2)cc1. The minimum Gasteiger partial charge on any atom is -0.341 e. The summed E-state index contributed by atoms with van der Waals surface area (Å²) in [5, 5.41) is 10.8. The summed E-state index contributed by atoms with van der Waals surface area (Å²) in [6.07, 6.45) is 2.14. The van der Waals surface area contributed by atoms with Gasteiger partial charge in [-0.2, -0.15) is 0 Å². The summed E-state index contributed by atoms with van der Waals surface area (Å²) >= 11 is 1.15. The predicted molar refractivity (Wildman–Crippen MR) is 118 cm³/mol. The van der Waals surface area contributed by atoms with Crippen LogP contribution in [0.25, 0.3) is 5.69 Å². The highest BCUT2D eigenvalue weighted by Gasteiger charge is 2.26. The van der Waals surface area contributed by atoms with Gasteiger partial charge < -0.3 is 10.2 Å². The van der Waals surface area contributed by atoms with Crippen LogP contribution in [0.2, 0.25) is 0 Å². The standard InChI is InChI=1S/C22H22F3N5OS/c1-13-5-7-15(8-6-13)30-21(29-11-3-4-12-29)27-28-22(30)32-14(2)20(31)26-17-10-9-16(23)18(24)19(17)25/h5-10,14H,3-4,11-12H2,1-2H3,(H,26,31). The van der Waals surface area contributed by atoms with Crippen LogP contribution >= 0.6 is 11.8 Å². The van der Waals surface area contributed by atoms with Gasteiger partial charge in [-0.15, -0.1) is 10.2 Å². The van der Waals surface area contributed by atoms with Crippen molar-refractivity contribution in [2.45, 2.75) is 37.1 Å². The van der Waals surface area contributed by atoms with Crippen LogP contribution in [0.4, 0.5) is 24.8 Å². The third-order valence-corrected chi connectivity index (χ3v) is 6.28. The van der Waals surface area contributed by atoms with Gasteiger partial charge in [0.1, 0.15) is 0 Å². The molecule has 1 amide bonds. The van der Waals surface area contributed by atoms with Crippen molar-refractivity contribution in [2.24, 2.45) is 0 Å². The molecule has 1 aromatic heterocycles. The highest BCUT2D eigenvalue weighted by molar-refractivity contribution is 8.00. The first kappa shape index (κ1) is 22.2. The van der Waals surface area contributed by atoms with Gasteiger partial charge in [0.2, 0.25) is 11.9 Å². The Balaban J connectivity index is 1.58. The lowest BCUT2D eigenvalue weighted by molar-refractivity contribution is -0.115. The lowest BCUT2D eigenvalue weighted by atomic mass is 10.2. The van der Waals surface area contributed by atoms with Gasteiger partial charge in [0.25, 0.3) is 0 Å². The molecule has 168 valence electrons. The summed E-state index contributed by atoms with van der Waals surface area (Å²) in [5.74, 6) is -4.25. The second kappa shape index (κ2) is 9.23. The van der Waals surface area contributed by atoms with Crippen molar-refractivity contribution in [3.8, 4) is 5.69 Å². The lowest BCUT2D eigenvalue weighted by Crippen LogP contribution is -2.24. The van der Waals surface area contributed by atoms with Gasteiger partial charge in [-0.1, -0.05) is 29.5 Å². The number of benzene rings is 2. The second-order valence-electron chi connectivity index (χ2n) is 7.62. The zero-order valence-electron chi connectivity index (χ0n) is 17.6. The Morgan fingerprint density at radius 1 is 1.03 bits per heavy atom. The minimum absolute atomic E-state index is 0.417. The third kappa shape index (κ3) is 4.45. The Hall–Kier alpha value is -3.01. The van der Waals surface area contributed by atoms with E-state index in [-0.39, 0.29) is 0 Å². The van der Waals surface area contributed by atoms with Gasteiger partial charge >= 0.3 is 0 Å². The average molecular weight is 462 g/mol. The molecule has 0 spiro atoms. The van der Waals surface area contributed by atoms with E-state index in [4.69, 9.17) is 0 Å². The Kier molecular flexibility index (Phi) is 6.40. The number of thioether (sulfide) groups is 1. The monoisotopic (exact) mass is 461 g/mol. The third-order valence-electron chi connectivity index (χ3n) is 5.24. The van der Waals surface area contributed by atoms with Crippen molar-refractivity contribution in [3.05, 3.63) is 59.4 Å².